The largest absolute Gasteiger partial charge is 0.480 e. The average Bonchev–Trinajstić information content (AvgIpc) is 2.04. The van der Waals surface area contributed by atoms with Gasteiger partial charge in [0, 0.05) is 13.1 Å². The summed E-state index contributed by atoms with van der Waals surface area (Å²) in [7, 11) is 0. The molecule has 0 aromatic carbocycles. The standard InChI is InChI=1S/C7H13N3O2/c1-5(6(11)12)10-4-2-3-9-7(10)8/h5H,2-4H2,1H3,(H2,8,9)(H,11,12). The molecule has 1 heterocycles. The second-order valence-electron chi connectivity index (χ2n) is 2.84. The molecule has 5 heteroatoms. The smallest absolute Gasteiger partial charge is 0.326 e. The number of carboxylic acid groups (broad SMARTS) is 1. The zero-order valence-corrected chi connectivity index (χ0v) is 7.00. The quantitative estimate of drug-likeness (QED) is 0.532. The highest BCUT2D eigenvalue weighted by atomic mass is 16.4. The van der Waals surface area contributed by atoms with Gasteiger partial charge in [0.1, 0.15) is 6.04 Å². The first-order valence-corrected chi connectivity index (χ1v) is 3.95. The van der Waals surface area contributed by atoms with Gasteiger partial charge in [-0.3, -0.25) is 5.41 Å². The third-order valence-corrected chi connectivity index (χ3v) is 1.98. The summed E-state index contributed by atoms with van der Waals surface area (Å²) in [5.41, 5.74) is 0. The molecule has 1 atom stereocenters. The lowest BCUT2D eigenvalue weighted by molar-refractivity contribution is -0.141. The van der Waals surface area contributed by atoms with Crippen LogP contribution in [-0.4, -0.2) is 41.1 Å². The van der Waals surface area contributed by atoms with Gasteiger partial charge in [-0.2, -0.15) is 0 Å². The van der Waals surface area contributed by atoms with Crippen molar-refractivity contribution >= 4 is 11.9 Å². The first kappa shape index (κ1) is 8.83. The molecule has 1 unspecified atom stereocenters. The van der Waals surface area contributed by atoms with Crippen molar-refractivity contribution in [1.82, 2.24) is 10.2 Å². The number of guanidine groups is 1. The van der Waals surface area contributed by atoms with Crippen LogP contribution in [0.4, 0.5) is 0 Å². The van der Waals surface area contributed by atoms with Gasteiger partial charge in [-0.15, -0.1) is 0 Å². The lowest BCUT2D eigenvalue weighted by atomic mass is 10.2. The summed E-state index contributed by atoms with van der Waals surface area (Å²) in [4.78, 5) is 12.1. The molecule has 0 saturated carbocycles. The summed E-state index contributed by atoms with van der Waals surface area (Å²) in [6.45, 7) is 3.00. The predicted octanol–water partition coefficient (Wildman–Crippen LogP) is -0.310. The molecule has 0 radical (unpaired) electrons. The van der Waals surface area contributed by atoms with Crippen molar-refractivity contribution in [3.05, 3.63) is 0 Å². The minimum Gasteiger partial charge on any atom is -0.480 e. The first-order chi connectivity index (χ1) is 5.63. The van der Waals surface area contributed by atoms with E-state index in [4.69, 9.17) is 10.5 Å². The minimum absolute atomic E-state index is 0.219. The van der Waals surface area contributed by atoms with Crippen LogP contribution < -0.4 is 5.32 Å². The summed E-state index contributed by atoms with van der Waals surface area (Å²) >= 11 is 0. The first-order valence-electron chi connectivity index (χ1n) is 3.95. The third kappa shape index (κ3) is 1.66. The van der Waals surface area contributed by atoms with Crippen LogP contribution in [0.15, 0.2) is 0 Å². The Balaban J connectivity index is 2.59. The molecule has 0 bridgehead atoms. The van der Waals surface area contributed by atoms with Crippen LogP contribution in [0.5, 0.6) is 0 Å². The Bertz CT molecular complexity index is 205. The van der Waals surface area contributed by atoms with E-state index in [1.807, 2.05) is 0 Å². The van der Waals surface area contributed by atoms with Gasteiger partial charge in [-0.05, 0) is 13.3 Å². The highest BCUT2D eigenvalue weighted by Crippen LogP contribution is 2.04. The molecular weight excluding hydrogens is 158 g/mol. The fraction of sp³-hybridized carbons (Fsp3) is 0.714. The van der Waals surface area contributed by atoms with Crippen LogP contribution in [0.2, 0.25) is 0 Å². The molecule has 1 fully saturated rings. The molecule has 0 aromatic rings. The Kier molecular flexibility index (Phi) is 2.52. The number of hydrogen-bond donors (Lipinski definition) is 3. The second kappa shape index (κ2) is 3.42. The van der Waals surface area contributed by atoms with Gasteiger partial charge < -0.3 is 15.3 Å². The van der Waals surface area contributed by atoms with E-state index in [1.54, 1.807) is 11.8 Å². The number of nitrogens with zero attached hydrogens (tertiary/aromatic N) is 1. The van der Waals surface area contributed by atoms with Gasteiger partial charge in [-0.25, -0.2) is 4.79 Å². The summed E-state index contributed by atoms with van der Waals surface area (Å²) < 4.78 is 0. The predicted molar refractivity (Wildman–Crippen MR) is 44.2 cm³/mol. The van der Waals surface area contributed by atoms with Gasteiger partial charge >= 0.3 is 5.97 Å². The van der Waals surface area contributed by atoms with Gasteiger partial charge in [0.15, 0.2) is 5.96 Å². The second-order valence-corrected chi connectivity index (χ2v) is 2.84. The van der Waals surface area contributed by atoms with Crippen molar-refractivity contribution in [3.63, 3.8) is 0 Å². The molecule has 3 N–H and O–H groups in total. The topological polar surface area (TPSA) is 76.4 Å². The van der Waals surface area contributed by atoms with Crippen molar-refractivity contribution in [2.75, 3.05) is 13.1 Å². The van der Waals surface area contributed by atoms with E-state index in [9.17, 15) is 4.79 Å². The van der Waals surface area contributed by atoms with Crippen molar-refractivity contribution in [1.29, 1.82) is 5.41 Å². The Labute approximate surface area is 70.9 Å². The molecular formula is C7H13N3O2. The van der Waals surface area contributed by atoms with Crippen LogP contribution in [0.1, 0.15) is 13.3 Å². The molecule has 0 spiro atoms. The maximum absolute atomic E-state index is 10.6. The van der Waals surface area contributed by atoms with Gasteiger partial charge in [-0.1, -0.05) is 0 Å². The van der Waals surface area contributed by atoms with E-state index < -0.39 is 12.0 Å². The molecule has 0 amide bonds. The van der Waals surface area contributed by atoms with Crippen molar-refractivity contribution in [3.8, 4) is 0 Å². The number of hydrogen-bond acceptors (Lipinski definition) is 2. The minimum atomic E-state index is -0.886. The highest BCUT2D eigenvalue weighted by Gasteiger charge is 2.24. The monoisotopic (exact) mass is 171 g/mol. The fourth-order valence-electron chi connectivity index (χ4n) is 1.19. The highest BCUT2D eigenvalue weighted by molar-refractivity contribution is 5.84. The van der Waals surface area contributed by atoms with Crippen molar-refractivity contribution in [2.45, 2.75) is 19.4 Å². The van der Waals surface area contributed by atoms with Crippen molar-refractivity contribution in [2.24, 2.45) is 0 Å². The van der Waals surface area contributed by atoms with Gasteiger partial charge in [0.25, 0.3) is 0 Å². The molecule has 68 valence electrons. The van der Waals surface area contributed by atoms with Crippen LogP contribution >= 0.6 is 0 Å². The summed E-state index contributed by atoms with van der Waals surface area (Å²) in [5, 5.41) is 18.9. The van der Waals surface area contributed by atoms with Crippen LogP contribution in [0.25, 0.3) is 0 Å². The van der Waals surface area contributed by atoms with E-state index in [2.05, 4.69) is 5.32 Å². The zero-order chi connectivity index (χ0) is 9.14. The fourth-order valence-corrected chi connectivity index (χ4v) is 1.19. The summed E-state index contributed by atoms with van der Waals surface area (Å²) in [6, 6.07) is -0.606. The maximum Gasteiger partial charge on any atom is 0.326 e. The lowest BCUT2D eigenvalue weighted by Crippen LogP contribution is -2.53. The number of carbonyl (C=O) groups is 1. The number of nitrogens with one attached hydrogen (secondary N) is 2. The van der Waals surface area contributed by atoms with Crippen LogP contribution in [0, 0.1) is 5.41 Å². The van der Waals surface area contributed by atoms with E-state index in [0.717, 1.165) is 13.0 Å². The Morgan fingerprint density at radius 2 is 2.50 bits per heavy atom. The van der Waals surface area contributed by atoms with E-state index in [1.165, 1.54) is 0 Å². The Hall–Kier alpha value is -1.26. The normalized spacial score (nSPS) is 20.1. The average molecular weight is 171 g/mol. The van der Waals surface area contributed by atoms with Crippen molar-refractivity contribution < 1.29 is 9.90 Å². The SMILES string of the molecule is CC(C(=O)O)N1CCCNC1=N. The molecule has 1 saturated heterocycles. The summed E-state index contributed by atoms with van der Waals surface area (Å²) in [5.74, 6) is -0.667. The van der Waals surface area contributed by atoms with Gasteiger partial charge in [0.2, 0.25) is 0 Å². The van der Waals surface area contributed by atoms with E-state index >= 15 is 0 Å². The molecule has 0 aliphatic carbocycles. The lowest BCUT2D eigenvalue weighted by Gasteiger charge is -2.32. The van der Waals surface area contributed by atoms with Crippen LogP contribution in [0.3, 0.4) is 0 Å². The molecule has 1 aliphatic heterocycles. The molecule has 5 nitrogen and oxygen atoms in total. The molecule has 1 rings (SSSR count). The van der Waals surface area contributed by atoms with E-state index in [0.29, 0.717) is 6.54 Å². The number of rotatable bonds is 2. The van der Waals surface area contributed by atoms with Gasteiger partial charge in [0.05, 0.1) is 0 Å². The zero-order valence-electron chi connectivity index (χ0n) is 7.00. The number of carboxylic acids is 1. The van der Waals surface area contributed by atoms with E-state index in [-0.39, 0.29) is 5.96 Å². The maximum atomic E-state index is 10.6. The Morgan fingerprint density at radius 3 is 3.00 bits per heavy atom. The third-order valence-electron chi connectivity index (χ3n) is 1.98. The number of aliphatic carboxylic acids is 1. The molecule has 0 aromatic heterocycles. The summed E-state index contributed by atoms with van der Waals surface area (Å²) in [6.07, 6.45) is 0.889. The molecule has 12 heavy (non-hydrogen) atoms. The molecule has 1 aliphatic rings. The van der Waals surface area contributed by atoms with Crippen LogP contribution in [-0.2, 0) is 4.79 Å². The Morgan fingerprint density at radius 1 is 1.83 bits per heavy atom.